The van der Waals surface area contributed by atoms with Gasteiger partial charge in [0.2, 0.25) is 5.88 Å². The molecule has 1 aromatic rings. The van der Waals surface area contributed by atoms with Crippen LogP contribution >= 0.6 is 0 Å². The molecule has 0 amide bonds. The predicted octanol–water partition coefficient (Wildman–Crippen LogP) is 1.56. The summed E-state index contributed by atoms with van der Waals surface area (Å²) < 4.78 is 31.9. The Hall–Kier alpha value is -1.67. The molecule has 0 fully saturated rings. The molecule has 0 saturated heterocycles. The summed E-state index contributed by atoms with van der Waals surface area (Å²) >= 11 is 0. The van der Waals surface area contributed by atoms with Crippen molar-refractivity contribution in [3.05, 3.63) is 18.2 Å². The van der Waals surface area contributed by atoms with Gasteiger partial charge in [0.1, 0.15) is 6.10 Å². The highest BCUT2D eigenvalue weighted by Gasteiger charge is 2.30. The number of hydrogen-bond acceptors (Lipinski definition) is 6. The molecule has 122 valence electrons. The van der Waals surface area contributed by atoms with Crippen molar-refractivity contribution in [1.29, 1.82) is 0 Å². The van der Waals surface area contributed by atoms with E-state index in [1.54, 1.807) is 12.1 Å². The van der Waals surface area contributed by atoms with Gasteiger partial charge in [-0.2, -0.15) is 0 Å². The first-order chi connectivity index (χ1) is 10.2. The molecule has 1 aliphatic rings. The Balaban J connectivity index is 1.97. The van der Waals surface area contributed by atoms with Gasteiger partial charge in [0, 0.05) is 17.9 Å². The Morgan fingerprint density at radius 3 is 2.73 bits per heavy atom. The first-order valence-electron chi connectivity index (χ1n) is 6.96. The van der Waals surface area contributed by atoms with E-state index in [0.717, 1.165) is 5.71 Å². The van der Waals surface area contributed by atoms with Crippen LogP contribution in [0.25, 0.3) is 0 Å². The van der Waals surface area contributed by atoms with Crippen molar-refractivity contribution in [2.24, 2.45) is 10.6 Å². The maximum Gasteiger partial charge on any atom is 0.258 e. The van der Waals surface area contributed by atoms with Gasteiger partial charge in [0.15, 0.2) is 5.03 Å². The second kappa shape index (κ2) is 6.21. The van der Waals surface area contributed by atoms with Crippen molar-refractivity contribution < 1.29 is 18.0 Å². The smallest absolute Gasteiger partial charge is 0.258 e. The molecule has 22 heavy (non-hydrogen) atoms. The van der Waals surface area contributed by atoms with Crippen molar-refractivity contribution in [3.8, 4) is 5.88 Å². The number of ether oxygens (including phenoxy) is 1. The monoisotopic (exact) mass is 327 g/mol. The molecular formula is C14H21N3O4S. The molecule has 0 aromatic carbocycles. The summed E-state index contributed by atoms with van der Waals surface area (Å²) in [6, 6.07) is 4.58. The van der Waals surface area contributed by atoms with E-state index in [-0.39, 0.29) is 29.0 Å². The molecule has 1 aliphatic heterocycles. The van der Waals surface area contributed by atoms with Crippen molar-refractivity contribution >= 4 is 15.7 Å². The molecule has 2 heterocycles. The standard InChI is InChI=1S/C14H21N3O4S/c1-14(2,3)11-8-10(21-17-11)9-15-22(18,19)13-7-5-6-12(16-13)20-4/h5-7,10,15H,8-9H2,1-4H3. The molecule has 0 aliphatic carbocycles. The van der Waals surface area contributed by atoms with Crippen LogP contribution in [0, 0.1) is 5.41 Å². The van der Waals surface area contributed by atoms with E-state index in [9.17, 15) is 8.42 Å². The quantitative estimate of drug-likeness (QED) is 0.886. The van der Waals surface area contributed by atoms with Gasteiger partial charge < -0.3 is 9.57 Å². The van der Waals surface area contributed by atoms with Crippen LogP contribution in [0.4, 0.5) is 0 Å². The molecule has 7 nitrogen and oxygen atoms in total. The zero-order valence-corrected chi connectivity index (χ0v) is 14.0. The number of rotatable bonds is 5. The van der Waals surface area contributed by atoms with Gasteiger partial charge in [0.25, 0.3) is 10.0 Å². The summed E-state index contributed by atoms with van der Waals surface area (Å²) in [5, 5.41) is 3.95. The largest absolute Gasteiger partial charge is 0.481 e. The lowest BCUT2D eigenvalue weighted by Gasteiger charge is -2.16. The number of nitrogens with one attached hydrogen (secondary N) is 1. The lowest BCUT2D eigenvalue weighted by atomic mass is 9.87. The maximum absolute atomic E-state index is 12.2. The van der Waals surface area contributed by atoms with Crippen LogP contribution in [-0.2, 0) is 14.9 Å². The Kier molecular flexibility index (Phi) is 4.72. The molecule has 1 unspecified atom stereocenters. The van der Waals surface area contributed by atoms with Gasteiger partial charge in [-0.05, 0) is 6.07 Å². The highest BCUT2D eigenvalue weighted by molar-refractivity contribution is 7.89. The van der Waals surface area contributed by atoms with Crippen LogP contribution in [-0.4, -0.2) is 38.9 Å². The van der Waals surface area contributed by atoms with E-state index < -0.39 is 10.0 Å². The molecule has 0 bridgehead atoms. The lowest BCUT2D eigenvalue weighted by molar-refractivity contribution is 0.0890. The fourth-order valence-corrected chi connectivity index (χ4v) is 2.94. The van der Waals surface area contributed by atoms with Crippen molar-refractivity contribution in [3.63, 3.8) is 0 Å². The third-order valence-electron chi connectivity index (χ3n) is 3.28. The van der Waals surface area contributed by atoms with Crippen LogP contribution < -0.4 is 9.46 Å². The van der Waals surface area contributed by atoms with Crippen molar-refractivity contribution in [1.82, 2.24) is 9.71 Å². The zero-order valence-electron chi connectivity index (χ0n) is 13.2. The van der Waals surface area contributed by atoms with Crippen LogP contribution in [0.3, 0.4) is 0 Å². The van der Waals surface area contributed by atoms with Crippen molar-refractivity contribution in [2.75, 3.05) is 13.7 Å². The minimum atomic E-state index is -3.71. The van der Waals surface area contributed by atoms with E-state index >= 15 is 0 Å². The van der Waals surface area contributed by atoms with Gasteiger partial charge in [-0.15, -0.1) is 0 Å². The van der Waals surface area contributed by atoms with Gasteiger partial charge in [-0.3, -0.25) is 0 Å². The Labute approximate surface area is 130 Å². The van der Waals surface area contributed by atoms with Gasteiger partial charge in [-0.25, -0.2) is 18.1 Å². The van der Waals surface area contributed by atoms with E-state index in [2.05, 4.69) is 14.9 Å². The summed E-state index contributed by atoms with van der Waals surface area (Å²) in [5.74, 6) is 0.248. The average molecular weight is 327 g/mol. The van der Waals surface area contributed by atoms with Crippen LogP contribution in [0.15, 0.2) is 28.4 Å². The molecule has 0 radical (unpaired) electrons. The third-order valence-corrected chi connectivity index (χ3v) is 4.61. The molecule has 0 saturated carbocycles. The molecule has 1 N–H and O–H groups in total. The molecule has 2 rings (SSSR count). The first kappa shape index (κ1) is 16.7. The second-order valence-corrected chi connectivity index (χ2v) is 7.80. The normalized spacial score (nSPS) is 18.7. The fraction of sp³-hybridized carbons (Fsp3) is 0.571. The van der Waals surface area contributed by atoms with Gasteiger partial charge in [0.05, 0.1) is 19.4 Å². The summed E-state index contributed by atoms with van der Waals surface area (Å²) in [6.45, 7) is 6.27. The minimum absolute atomic E-state index is 0.0814. The number of oxime groups is 1. The molecule has 1 atom stereocenters. The number of aromatic nitrogens is 1. The Morgan fingerprint density at radius 1 is 1.41 bits per heavy atom. The van der Waals surface area contributed by atoms with E-state index in [1.807, 2.05) is 20.8 Å². The lowest BCUT2D eigenvalue weighted by Crippen LogP contribution is -2.33. The fourth-order valence-electron chi connectivity index (χ4n) is 1.92. The summed E-state index contributed by atoms with van der Waals surface area (Å²) in [6.07, 6.45) is 0.312. The minimum Gasteiger partial charge on any atom is -0.481 e. The van der Waals surface area contributed by atoms with Crippen LogP contribution in [0.5, 0.6) is 5.88 Å². The molecular weight excluding hydrogens is 306 g/mol. The highest BCUT2D eigenvalue weighted by atomic mass is 32.2. The Bertz CT molecular complexity index is 665. The third kappa shape index (κ3) is 3.95. The van der Waals surface area contributed by atoms with Crippen LogP contribution in [0.1, 0.15) is 27.2 Å². The molecule has 1 aromatic heterocycles. The molecule has 0 spiro atoms. The molecule has 8 heteroatoms. The zero-order chi connectivity index (χ0) is 16.4. The first-order valence-corrected chi connectivity index (χ1v) is 8.44. The number of sulfonamides is 1. The highest BCUT2D eigenvalue weighted by Crippen LogP contribution is 2.25. The van der Waals surface area contributed by atoms with E-state index in [1.165, 1.54) is 13.2 Å². The number of pyridine rings is 1. The number of methoxy groups -OCH3 is 1. The number of hydrogen-bond donors (Lipinski definition) is 1. The van der Waals surface area contributed by atoms with Gasteiger partial charge >= 0.3 is 0 Å². The predicted molar refractivity (Wildman–Crippen MR) is 82.4 cm³/mol. The van der Waals surface area contributed by atoms with E-state index in [4.69, 9.17) is 9.57 Å². The average Bonchev–Trinajstić information content (AvgIpc) is 2.94. The summed E-state index contributed by atoms with van der Waals surface area (Å²) in [7, 11) is -2.27. The van der Waals surface area contributed by atoms with Crippen LogP contribution in [0.2, 0.25) is 0 Å². The summed E-state index contributed by atoms with van der Waals surface area (Å²) in [5.41, 5.74) is 0.846. The van der Waals surface area contributed by atoms with Gasteiger partial charge in [-0.1, -0.05) is 32.0 Å². The number of nitrogens with zero attached hydrogens (tertiary/aromatic N) is 2. The Morgan fingerprint density at radius 2 is 2.14 bits per heavy atom. The summed E-state index contributed by atoms with van der Waals surface area (Å²) in [4.78, 5) is 9.20. The maximum atomic E-state index is 12.2. The second-order valence-electron chi connectivity index (χ2n) is 6.09. The topological polar surface area (TPSA) is 89.9 Å². The van der Waals surface area contributed by atoms with E-state index in [0.29, 0.717) is 6.42 Å². The SMILES string of the molecule is COc1cccc(S(=O)(=O)NCC2CC(C(C)(C)C)=NO2)n1. The van der Waals surface area contributed by atoms with Crippen molar-refractivity contribution in [2.45, 2.75) is 38.3 Å².